The predicted octanol–water partition coefficient (Wildman–Crippen LogP) is 2.87. The first-order chi connectivity index (χ1) is 7.25. The van der Waals surface area contributed by atoms with Crippen molar-refractivity contribution >= 4 is 22.5 Å². The Labute approximate surface area is 91.7 Å². The topological polar surface area (TPSA) is 46.0 Å². The summed E-state index contributed by atoms with van der Waals surface area (Å²) in [5.74, 6) is 0.661. The minimum atomic E-state index is 0.165. The number of rotatable bonds is 1. The molecule has 0 spiro atoms. The minimum absolute atomic E-state index is 0.165. The lowest BCUT2D eigenvalue weighted by atomic mass is 10.1. The lowest BCUT2D eigenvalue weighted by molar-refractivity contribution is 0.480. The fraction of sp³-hybridized carbons (Fsp3) is 0.273. The molecule has 3 rings (SSSR count). The highest BCUT2D eigenvalue weighted by atomic mass is 35.5. The number of benzene rings is 1. The van der Waals surface area contributed by atoms with Gasteiger partial charge in [-0.05, 0) is 30.5 Å². The highest BCUT2D eigenvalue weighted by molar-refractivity contribution is 6.28. The molecule has 1 aromatic heterocycles. The number of halogens is 1. The van der Waals surface area contributed by atoms with Crippen molar-refractivity contribution in [2.45, 2.75) is 18.8 Å². The number of aromatic nitrogens is 2. The Kier molecular flexibility index (Phi) is 1.83. The summed E-state index contributed by atoms with van der Waals surface area (Å²) in [5.41, 5.74) is 1.53. The van der Waals surface area contributed by atoms with E-state index < -0.39 is 0 Å². The lowest BCUT2D eigenvalue weighted by Crippen LogP contribution is -1.93. The van der Waals surface area contributed by atoms with E-state index >= 15 is 0 Å². The van der Waals surface area contributed by atoms with Crippen LogP contribution >= 0.6 is 11.6 Å². The first kappa shape index (κ1) is 8.92. The molecule has 1 saturated carbocycles. The van der Waals surface area contributed by atoms with E-state index in [4.69, 9.17) is 11.6 Å². The molecule has 0 radical (unpaired) electrons. The molecule has 0 bridgehead atoms. The molecule has 1 N–H and O–H groups in total. The molecule has 4 heteroatoms. The Hall–Kier alpha value is -1.35. The van der Waals surface area contributed by atoms with E-state index in [9.17, 15) is 5.11 Å². The Morgan fingerprint density at radius 2 is 2.07 bits per heavy atom. The Morgan fingerprint density at radius 3 is 2.80 bits per heavy atom. The third kappa shape index (κ3) is 1.43. The van der Waals surface area contributed by atoms with Crippen molar-refractivity contribution in [2.75, 3.05) is 0 Å². The van der Waals surface area contributed by atoms with Crippen molar-refractivity contribution in [3.05, 3.63) is 29.2 Å². The largest absolute Gasteiger partial charge is 0.506 e. The number of nitrogens with zero attached hydrogens (tertiary/aromatic N) is 2. The fourth-order valence-electron chi connectivity index (χ4n) is 1.80. The number of para-hydroxylation sites is 1. The summed E-state index contributed by atoms with van der Waals surface area (Å²) in [6.07, 6.45) is 2.30. The monoisotopic (exact) mass is 220 g/mol. The summed E-state index contributed by atoms with van der Waals surface area (Å²) >= 11 is 5.83. The number of phenols is 1. The second-order valence-electron chi connectivity index (χ2n) is 3.83. The Morgan fingerprint density at radius 1 is 1.27 bits per heavy atom. The molecule has 15 heavy (non-hydrogen) atoms. The molecule has 0 amide bonds. The molecule has 1 aliphatic rings. The van der Waals surface area contributed by atoms with Gasteiger partial charge in [-0.2, -0.15) is 0 Å². The van der Waals surface area contributed by atoms with Gasteiger partial charge in [0.25, 0.3) is 0 Å². The molecule has 1 aromatic carbocycles. The number of aromatic hydroxyl groups is 1. The first-order valence-corrected chi connectivity index (χ1v) is 5.28. The SMILES string of the molecule is Oc1cccc2c(C3CC3)nc(Cl)nc12. The Balaban J connectivity index is 2.38. The lowest BCUT2D eigenvalue weighted by Gasteiger charge is -2.05. The second-order valence-corrected chi connectivity index (χ2v) is 4.16. The van der Waals surface area contributed by atoms with E-state index in [0.717, 1.165) is 23.9 Å². The quantitative estimate of drug-likeness (QED) is 0.752. The number of fused-ring (bicyclic) bond motifs is 1. The van der Waals surface area contributed by atoms with Crippen molar-refractivity contribution in [1.82, 2.24) is 9.97 Å². The normalized spacial score (nSPS) is 15.8. The van der Waals surface area contributed by atoms with E-state index in [1.54, 1.807) is 12.1 Å². The van der Waals surface area contributed by atoms with Crippen LogP contribution in [0.2, 0.25) is 5.28 Å². The third-order valence-corrected chi connectivity index (χ3v) is 2.84. The molecule has 1 heterocycles. The highest BCUT2D eigenvalue weighted by Crippen LogP contribution is 2.42. The summed E-state index contributed by atoms with van der Waals surface area (Å²) in [6, 6.07) is 5.35. The van der Waals surface area contributed by atoms with Crippen molar-refractivity contribution in [2.24, 2.45) is 0 Å². The third-order valence-electron chi connectivity index (χ3n) is 2.67. The predicted molar refractivity (Wildman–Crippen MR) is 58.2 cm³/mol. The molecule has 0 atom stereocenters. The van der Waals surface area contributed by atoms with Gasteiger partial charge >= 0.3 is 0 Å². The van der Waals surface area contributed by atoms with Gasteiger partial charge in [-0.3, -0.25) is 0 Å². The number of phenolic OH excluding ortho intramolecular Hbond substituents is 1. The van der Waals surface area contributed by atoms with Crippen molar-refractivity contribution < 1.29 is 5.11 Å². The molecule has 1 fully saturated rings. The smallest absolute Gasteiger partial charge is 0.223 e. The van der Waals surface area contributed by atoms with E-state index in [0.29, 0.717) is 11.4 Å². The van der Waals surface area contributed by atoms with Crippen LogP contribution in [0.1, 0.15) is 24.5 Å². The van der Waals surface area contributed by atoms with Crippen LogP contribution in [0.3, 0.4) is 0 Å². The number of hydrogen-bond acceptors (Lipinski definition) is 3. The van der Waals surface area contributed by atoms with Gasteiger partial charge in [-0.15, -0.1) is 0 Å². The maximum atomic E-state index is 9.67. The zero-order chi connectivity index (χ0) is 10.4. The summed E-state index contributed by atoms with van der Waals surface area (Å²) in [7, 11) is 0. The summed E-state index contributed by atoms with van der Waals surface area (Å²) < 4.78 is 0. The highest BCUT2D eigenvalue weighted by Gasteiger charge is 2.28. The van der Waals surface area contributed by atoms with Gasteiger partial charge in [0.15, 0.2) is 0 Å². The molecule has 0 aliphatic heterocycles. The molecular formula is C11H9ClN2O. The van der Waals surface area contributed by atoms with E-state index in [2.05, 4.69) is 9.97 Å². The first-order valence-electron chi connectivity index (χ1n) is 4.91. The van der Waals surface area contributed by atoms with Gasteiger partial charge < -0.3 is 5.11 Å². The van der Waals surface area contributed by atoms with Gasteiger partial charge in [-0.1, -0.05) is 12.1 Å². The summed E-state index contributed by atoms with van der Waals surface area (Å²) in [5, 5.41) is 10.8. The van der Waals surface area contributed by atoms with Crippen LogP contribution in [0.5, 0.6) is 5.75 Å². The molecule has 1 aliphatic carbocycles. The summed E-state index contributed by atoms with van der Waals surface area (Å²) in [4.78, 5) is 8.30. The van der Waals surface area contributed by atoms with Crippen LogP contribution in [0.15, 0.2) is 18.2 Å². The van der Waals surface area contributed by atoms with Gasteiger partial charge in [-0.25, -0.2) is 9.97 Å². The zero-order valence-electron chi connectivity index (χ0n) is 7.94. The van der Waals surface area contributed by atoms with Crippen LogP contribution < -0.4 is 0 Å². The van der Waals surface area contributed by atoms with Gasteiger partial charge in [0.05, 0.1) is 5.69 Å². The molecule has 76 valence electrons. The van der Waals surface area contributed by atoms with Gasteiger partial charge in [0.1, 0.15) is 11.3 Å². The average molecular weight is 221 g/mol. The van der Waals surface area contributed by atoms with Crippen molar-refractivity contribution in [3.63, 3.8) is 0 Å². The van der Waals surface area contributed by atoms with Crippen molar-refractivity contribution in [1.29, 1.82) is 0 Å². The van der Waals surface area contributed by atoms with E-state index in [1.165, 1.54) is 0 Å². The van der Waals surface area contributed by atoms with Crippen LogP contribution in [0.25, 0.3) is 10.9 Å². The molecule has 2 aromatic rings. The number of hydrogen-bond donors (Lipinski definition) is 1. The Bertz CT molecular complexity index is 537. The zero-order valence-corrected chi connectivity index (χ0v) is 8.70. The van der Waals surface area contributed by atoms with Gasteiger partial charge in [0, 0.05) is 11.3 Å². The van der Waals surface area contributed by atoms with E-state index in [1.807, 2.05) is 6.07 Å². The molecular weight excluding hydrogens is 212 g/mol. The maximum absolute atomic E-state index is 9.67. The maximum Gasteiger partial charge on any atom is 0.223 e. The summed E-state index contributed by atoms with van der Waals surface area (Å²) in [6.45, 7) is 0. The second kappa shape index (κ2) is 3.07. The molecule has 0 saturated heterocycles. The standard InChI is InChI=1S/C11H9ClN2O/c12-11-13-9(6-4-5-6)7-2-1-3-8(15)10(7)14-11/h1-3,6,15H,4-5H2. The molecule has 3 nitrogen and oxygen atoms in total. The van der Waals surface area contributed by atoms with Gasteiger partial charge in [0.2, 0.25) is 5.28 Å². The fourth-order valence-corrected chi connectivity index (χ4v) is 1.98. The minimum Gasteiger partial charge on any atom is -0.506 e. The van der Waals surface area contributed by atoms with E-state index in [-0.39, 0.29) is 11.0 Å². The van der Waals surface area contributed by atoms with Crippen LogP contribution in [-0.2, 0) is 0 Å². The molecule has 0 unspecified atom stereocenters. The van der Waals surface area contributed by atoms with Crippen LogP contribution in [-0.4, -0.2) is 15.1 Å². The average Bonchev–Trinajstić information content (AvgIpc) is 3.02. The van der Waals surface area contributed by atoms with Crippen LogP contribution in [0.4, 0.5) is 0 Å². The van der Waals surface area contributed by atoms with Crippen molar-refractivity contribution in [3.8, 4) is 5.75 Å². The van der Waals surface area contributed by atoms with Crippen LogP contribution in [0, 0.1) is 0 Å².